The summed E-state index contributed by atoms with van der Waals surface area (Å²) in [5, 5.41) is 11.5. The second-order valence-electron chi connectivity index (χ2n) is 11.2. The van der Waals surface area contributed by atoms with Gasteiger partial charge in [0.25, 0.3) is 5.91 Å². The van der Waals surface area contributed by atoms with E-state index in [0.29, 0.717) is 51.9 Å². The van der Waals surface area contributed by atoms with E-state index in [1.807, 2.05) is 24.3 Å². The van der Waals surface area contributed by atoms with Crippen LogP contribution < -0.4 is 24.3 Å². The van der Waals surface area contributed by atoms with Gasteiger partial charge in [0, 0.05) is 35.9 Å². The molecule has 0 spiro atoms. The summed E-state index contributed by atoms with van der Waals surface area (Å²) in [6, 6.07) is 16.7. The Morgan fingerprint density at radius 1 is 0.915 bits per heavy atom. The smallest absolute Gasteiger partial charge is 0.278 e. The zero-order valence-corrected chi connectivity index (χ0v) is 26.7. The van der Waals surface area contributed by atoms with Gasteiger partial charge in [0.05, 0.1) is 32.0 Å². The van der Waals surface area contributed by atoms with E-state index in [1.54, 1.807) is 51.6 Å². The molecule has 0 saturated carbocycles. The molecule has 0 atom stereocenters. The van der Waals surface area contributed by atoms with Crippen molar-refractivity contribution in [3.8, 4) is 34.4 Å². The molecule has 1 saturated heterocycles. The van der Waals surface area contributed by atoms with Crippen molar-refractivity contribution in [2.75, 3.05) is 45.8 Å². The lowest BCUT2D eigenvalue weighted by Crippen LogP contribution is -2.31. The van der Waals surface area contributed by atoms with Crippen LogP contribution in [0.4, 0.5) is 10.1 Å². The van der Waals surface area contributed by atoms with E-state index in [2.05, 4.69) is 25.5 Å². The third-order valence-electron chi connectivity index (χ3n) is 8.14. The van der Waals surface area contributed by atoms with Gasteiger partial charge in [-0.3, -0.25) is 9.78 Å². The zero-order valence-electron chi connectivity index (χ0n) is 26.7. The molecule has 1 aliphatic heterocycles. The molecule has 3 heterocycles. The first-order valence-corrected chi connectivity index (χ1v) is 15.6. The molecule has 3 aromatic carbocycles. The van der Waals surface area contributed by atoms with Crippen LogP contribution in [0.15, 0.2) is 66.9 Å². The number of para-hydroxylation sites is 2. The number of hydrogen-bond donors (Lipinski definition) is 1. The van der Waals surface area contributed by atoms with Crippen molar-refractivity contribution in [1.82, 2.24) is 24.9 Å². The molecule has 1 N–H and O–H groups in total. The SMILES string of the molecule is COc1cc2c(Oc3ccc(NC(=O)c4nnn(-c5ccccc5OC)c4C)cc3F)ccnc2cc1OCCCN1CCCCC1. The highest BCUT2D eigenvalue weighted by atomic mass is 19.1. The van der Waals surface area contributed by atoms with E-state index in [0.717, 1.165) is 26.1 Å². The van der Waals surface area contributed by atoms with Crippen LogP contribution in [0.25, 0.3) is 16.6 Å². The van der Waals surface area contributed by atoms with E-state index < -0.39 is 11.7 Å². The third-order valence-corrected chi connectivity index (χ3v) is 8.14. The normalized spacial score (nSPS) is 13.4. The highest BCUT2D eigenvalue weighted by Crippen LogP contribution is 2.38. The van der Waals surface area contributed by atoms with Gasteiger partial charge in [-0.15, -0.1) is 5.10 Å². The molecule has 6 rings (SSSR count). The Balaban J connectivity index is 1.13. The quantitative estimate of drug-likeness (QED) is 0.151. The zero-order chi connectivity index (χ0) is 32.8. The van der Waals surface area contributed by atoms with Crippen LogP contribution in [-0.2, 0) is 0 Å². The van der Waals surface area contributed by atoms with E-state index in [9.17, 15) is 4.79 Å². The van der Waals surface area contributed by atoms with Crippen LogP contribution in [0.3, 0.4) is 0 Å². The number of likely N-dealkylation sites (tertiary alicyclic amines) is 1. The summed E-state index contributed by atoms with van der Waals surface area (Å²) in [7, 11) is 3.13. The van der Waals surface area contributed by atoms with Gasteiger partial charge in [0.1, 0.15) is 17.2 Å². The largest absolute Gasteiger partial charge is 0.494 e. The van der Waals surface area contributed by atoms with Crippen LogP contribution in [0.1, 0.15) is 41.9 Å². The maximum Gasteiger partial charge on any atom is 0.278 e. The fraction of sp³-hybridized carbons (Fsp3) is 0.314. The maximum atomic E-state index is 15.3. The summed E-state index contributed by atoms with van der Waals surface area (Å²) in [5.74, 6) is 0.877. The highest BCUT2D eigenvalue weighted by Gasteiger charge is 2.20. The number of ether oxygens (including phenoxy) is 4. The molecule has 11 nitrogen and oxygen atoms in total. The topological polar surface area (TPSA) is 113 Å². The van der Waals surface area contributed by atoms with Crippen molar-refractivity contribution in [2.45, 2.75) is 32.6 Å². The molecule has 244 valence electrons. The molecular weight excluding hydrogens is 603 g/mol. The minimum absolute atomic E-state index is 0.0224. The number of nitrogens with zero attached hydrogens (tertiary/aromatic N) is 5. The third kappa shape index (κ3) is 7.12. The van der Waals surface area contributed by atoms with Gasteiger partial charge in [-0.05, 0) is 75.7 Å². The lowest BCUT2D eigenvalue weighted by molar-refractivity contribution is 0.102. The maximum absolute atomic E-state index is 15.3. The molecule has 1 fully saturated rings. The van der Waals surface area contributed by atoms with Crippen LogP contribution in [0, 0.1) is 12.7 Å². The Morgan fingerprint density at radius 3 is 2.51 bits per heavy atom. The number of benzene rings is 3. The van der Waals surface area contributed by atoms with Gasteiger partial charge >= 0.3 is 0 Å². The van der Waals surface area contributed by atoms with Crippen molar-refractivity contribution >= 4 is 22.5 Å². The number of anilines is 1. The van der Waals surface area contributed by atoms with E-state index in [1.165, 1.54) is 36.1 Å². The minimum Gasteiger partial charge on any atom is -0.494 e. The van der Waals surface area contributed by atoms with Crippen molar-refractivity contribution in [2.24, 2.45) is 0 Å². The summed E-state index contributed by atoms with van der Waals surface area (Å²) in [5.41, 5.74) is 2.09. The number of methoxy groups -OCH3 is 2. The summed E-state index contributed by atoms with van der Waals surface area (Å²) in [6.07, 6.45) is 6.34. The number of aromatic nitrogens is 4. The molecule has 47 heavy (non-hydrogen) atoms. The second kappa shape index (κ2) is 14.5. The van der Waals surface area contributed by atoms with Gasteiger partial charge < -0.3 is 29.2 Å². The van der Waals surface area contributed by atoms with Gasteiger partial charge in [-0.2, -0.15) is 0 Å². The number of hydrogen-bond acceptors (Lipinski definition) is 9. The second-order valence-corrected chi connectivity index (χ2v) is 11.2. The van der Waals surface area contributed by atoms with Crippen molar-refractivity contribution in [3.63, 3.8) is 0 Å². The Morgan fingerprint density at radius 2 is 1.72 bits per heavy atom. The standard InChI is InChI=1S/C35H37FN6O5/c1-23-34(39-40-42(23)28-10-5-6-11-31(28)44-2)35(43)38-24-12-13-30(26(36)20-24)47-29-14-15-37-27-22-33(32(45-3)21-25(27)29)46-19-9-18-41-16-7-4-8-17-41/h5-6,10-15,20-22H,4,7-9,16-19H2,1-3H3,(H,38,43). The van der Waals surface area contributed by atoms with Crippen LogP contribution in [-0.4, -0.2) is 71.2 Å². The predicted octanol–water partition coefficient (Wildman–Crippen LogP) is 6.58. The number of piperidine rings is 1. The Hall–Kier alpha value is -5.23. The summed E-state index contributed by atoms with van der Waals surface area (Å²) in [4.78, 5) is 20.0. The predicted molar refractivity (Wildman–Crippen MR) is 176 cm³/mol. The first-order chi connectivity index (χ1) is 22.9. The number of halogens is 1. The molecule has 0 aliphatic carbocycles. The summed E-state index contributed by atoms with van der Waals surface area (Å²) in [6.45, 7) is 5.59. The summed E-state index contributed by atoms with van der Waals surface area (Å²) >= 11 is 0. The number of carbonyl (C=O) groups excluding carboxylic acids is 1. The van der Waals surface area contributed by atoms with Gasteiger partial charge in [0.2, 0.25) is 0 Å². The van der Waals surface area contributed by atoms with Gasteiger partial charge in [0.15, 0.2) is 28.8 Å². The Bertz CT molecular complexity index is 1870. The number of fused-ring (bicyclic) bond motifs is 1. The van der Waals surface area contributed by atoms with Crippen LogP contribution >= 0.6 is 0 Å². The average molecular weight is 641 g/mol. The first-order valence-electron chi connectivity index (χ1n) is 15.6. The lowest BCUT2D eigenvalue weighted by atomic mass is 10.1. The number of carbonyl (C=O) groups is 1. The Kier molecular flexibility index (Phi) is 9.77. The molecule has 0 unspecified atom stereocenters. The fourth-order valence-electron chi connectivity index (χ4n) is 5.69. The van der Waals surface area contributed by atoms with E-state index in [-0.39, 0.29) is 17.1 Å². The molecule has 1 amide bonds. The van der Waals surface area contributed by atoms with Gasteiger partial charge in [-0.25, -0.2) is 9.07 Å². The highest BCUT2D eigenvalue weighted by molar-refractivity contribution is 6.03. The first kappa shape index (κ1) is 31.7. The molecule has 12 heteroatoms. The van der Waals surface area contributed by atoms with Gasteiger partial charge in [-0.1, -0.05) is 23.8 Å². The number of rotatable bonds is 12. The fourth-order valence-corrected chi connectivity index (χ4v) is 5.69. The van der Waals surface area contributed by atoms with Crippen molar-refractivity contribution < 1.29 is 28.1 Å². The molecule has 0 radical (unpaired) electrons. The van der Waals surface area contributed by atoms with E-state index in [4.69, 9.17) is 18.9 Å². The molecule has 0 bridgehead atoms. The number of nitrogens with one attached hydrogen (secondary N) is 1. The summed E-state index contributed by atoms with van der Waals surface area (Å²) < 4.78 is 39.9. The van der Waals surface area contributed by atoms with Crippen molar-refractivity contribution in [3.05, 3.63) is 84.1 Å². The van der Waals surface area contributed by atoms with Crippen LogP contribution in [0.2, 0.25) is 0 Å². The average Bonchev–Trinajstić information content (AvgIpc) is 3.49. The lowest BCUT2D eigenvalue weighted by Gasteiger charge is -2.26. The molecular formula is C35H37FN6O5. The number of pyridine rings is 1. The van der Waals surface area contributed by atoms with Crippen LogP contribution in [0.5, 0.6) is 28.7 Å². The molecule has 2 aromatic heterocycles. The minimum atomic E-state index is -0.664. The molecule has 1 aliphatic rings. The number of amides is 1. The Labute approximate surface area is 272 Å². The van der Waals surface area contributed by atoms with E-state index >= 15 is 4.39 Å². The molecule has 5 aromatic rings. The van der Waals surface area contributed by atoms with Crippen molar-refractivity contribution in [1.29, 1.82) is 0 Å². The monoisotopic (exact) mass is 640 g/mol.